The number of nitrogens with zero attached hydrogens (tertiary/aromatic N) is 1. The molecule has 1 heterocycles. The van der Waals surface area contributed by atoms with E-state index in [1.807, 2.05) is 5.38 Å². The van der Waals surface area contributed by atoms with Crippen LogP contribution in [0, 0.1) is 19.8 Å². The van der Waals surface area contributed by atoms with Gasteiger partial charge in [0.1, 0.15) is 0 Å². The van der Waals surface area contributed by atoms with Gasteiger partial charge in [0.2, 0.25) is 5.91 Å². The van der Waals surface area contributed by atoms with E-state index in [4.69, 9.17) is 0 Å². The van der Waals surface area contributed by atoms with Crippen molar-refractivity contribution in [3.8, 4) is 0 Å². The quantitative estimate of drug-likeness (QED) is 0.742. The fraction of sp³-hybridized carbons (Fsp3) is 0.238. The molecule has 126 valence electrons. The molecule has 1 saturated carbocycles. The molecular weight excluding hydrogens is 328 g/mol. The van der Waals surface area contributed by atoms with Gasteiger partial charge in [0.25, 0.3) is 0 Å². The minimum atomic E-state index is -0.237. The summed E-state index contributed by atoms with van der Waals surface area (Å²) in [5.41, 5.74) is 4.64. The van der Waals surface area contributed by atoms with Crippen LogP contribution in [0.1, 0.15) is 28.7 Å². The summed E-state index contributed by atoms with van der Waals surface area (Å²) in [6.45, 7) is 4.20. The average Bonchev–Trinajstić information content (AvgIpc) is 3.17. The number of carbonyl (C=O) groups excluding carboxylic acids is 1. The standard InChI is InChI=1S/C21H20N2OS/c1-14-5-3-7-16(11-14)21(17-8-4-6-15(2)12-17)13-18(21)19(24)23-20-22-9-10-25-20/h3-12,18H,13H2,1-2H3,(H,22,23,24). The first-order chi connectivity index (χ1) is 12.1. The first-order valence-corrected chi connectivity index (χ1v) is 9.32. The highest BCUT2D eigenvalue weighted by molar-refractivity contribution is 7.13. The third kappa shape index (κ3) is 2.87. The Labute approximate surface area is 151 Å². The maximum atomic E-state index is 12.9. The second-order valence-electron chi connectivity index (χ2n) is 6.79. The van der Waals surface area contributed by atoms with E-state index in [0.717, 1.165) is 6.42 Å². The predicted molar refractivity (Wildman–Crippen MR) is 102 cm³/mol. The molecule has 0 saturated heterocycles. The van der Waals surface area contributed by atoms with E-state index in [-0.39, 0.29) is 17.2 Å². The lowest BCUT2D eigenvalue weighted by atomic mass is 9.84. The van der Waals surface area contributed by atoms with Crippen molar-refractivity contribution in [3.63, 3.8) is 0 Å². The van der Waals surface area contributed by atoms with Gasteiger partial charge in [0.05, 0.1) is 5.92 Å². The Balaban J connectivity index is 1.73. The van der Waals surface area contributed by atoms with Crippen LogP contribution in [0.25, 0.3) is 0 Å². The van der Waals surface area contributed by atoms with Gasteiger partial charge in [-0.05, 0) is 31.4 Å². The van der Waals surface area contributed by atoms with Gasteiger partial charge in [-0.2, -0.15) is 0 Å². The van der Waals surface area contributed by atoms with E-state index in [1.54, 1.807) is 6.20 Å². The zero-order valence-electron chi connectivity index (χ0n) is 14.3. The molecule has 1 aromatic heterocycles. The van der Waals surface area contributed by atoms with Crippen LogP contribution in [0.2, 0.25) is 0 Å². The van der Waals surface area contributed by atoms with E-state index in [2.05, 4.69) is 72.7 Å². The van der Waals surface area contributed by atoms with Crippen LogP contribution in [0.4, 0.5) is 5.13 Å². The lowest BCUT2D eigenvalue weighted by molar-refractivity contribution is -0.117. The fourth-order valence-corrected chi connectivity index (χ4v) is 4.24. The maximum absolute atomic E-state index is 12.9. The monoisotopic (exact) mass is 348 g/mol. The van der Waals surface area contributed by atoms with Crippen molar-refractivity contribution in [3.05, 3.63) is 82.4 Å². The summed E-state index contributed by atoms with van der Waals surface area (Å²) in [5.74, 6) is -0.0158. The van der Waals surface area contributed by atoms with E-state index < -0.39 is 0 Å². The Morgan fingerprint density at radius 2 is 1.76 bits per heavy atom. The van der Waals surface area contributed by atoms with Crippen LogP contribution in [0.3, 0.4) is 0 Å². The fourth-order valence-electron chi connectivity index (χ4n) is 3.71. The van der Waals surface area contributed by atoms with Crippen molar-refractivity contribution in [1.29, 1.82) is 0 Å². The molecule has 1 aliphatic carbocycles. The summed E-state index contributed by atoms with van der Waals surface area (Å²) < 4.78 is 0. The number of carbonyl (C=O) groups is 1. The number of benzene rings is 2. The van der Waals surface area contributed by atoms with Crippen LogP contribution >= 0.6 is 11.3 Å². The Morgan fingerprint density at radius 3 is 2.28 bits per heavy atom. The molecule has 0 aliphatic heterocycles. The molecule has 0 spiro atoms. The average molecular weight is 348 g/mol. The van der Waals surface area contributed by atoms with Gasteiger partial charge in [-0.3, -0.25) is 4.79 Å². The summed E-state index contributed by atoms with van der Waals surface area (Å²) in [6, 6.07) is 17.1. The summed E-state index contributed by atoms with van der Waals surface area (Å²) in [7, 11) is 0. The van der Waals surface area contributed by atoms with Crippen LogP contribution in [0.5, 0.6) is 0 Å². The molecule has 1 amide bonds. The number of hydrogen-bond donors (Lipinski definition) is 1. The molecule has 3 nitrogen and oxygen atoms in total. The van der Waals surface area contributed by atoms with Crippen molar-refractivity contribution in [2.45, 2.75) is 25.7 Å². The molecule has 4 rings (SSSR count). The molecule has 25 heavy (non-hydrogen) atoms. The van der Waals surface area contributed by atoms with Crippen molar-refractivity contribution in [2.75, 3.05) is 5.32 Å². The van der Waals surface area contributed by atoms with Crippen LogP contribution in [-0.4, -0.2) is 10.9 Å². The Morgan fingerprint density at radius 1 is 1.12 bits per heavy atom. The number of nitrogens with one attached hydrogen (secondary N) is 1. The normalized spacial score (nSPS) is 17.9. The van der Waals surface area contributed by atoms with Gasteiger partial charge in [0, 0.05) is 17.0 Å². The van der Waals surface area contributed by atoms with Gasteiger partial charge in [-0.15, -0.1) is 11.3 Å². The SMILES string of the molecule is Cc1cccc(C2(c3cccc(C)c3)CC2C(=O)Nc2nccs2)c1. The van der Waals surface area contributed by atoms with Gasteiger partial charge in [0.15, 0.2) is 5.13 Å². The van der Waals surface area contributed by atoms with Gasteiger partial charge >= 0.3 is 0 Å². The number of aromatic nitrogens is 1. The van der Waals surface area contributed by atoms with E-state index >= 15 is 0 Å². The third-order valence-electron chi connectivity index (χ3n) is 5.01. The molecule has 2 aromatic carbocycles. The molecule has 1 aliphatic rings. The third-order valence-corrected chi connectivity index (χ3v) is 5.69. The second-order valence-corrected chi connectivity index (χ2v) is 7.69. The lowest BCUT2D eigenvalue weighted by Crippen LogP contribution is -2.22. The number of rotatable bonds is 4. The van der Waals surface area contributed by atoms with E-state index in [1.165, 1.54) is 33.6 Å². The number of thiazole rings is 1. The Hall–Kier alpha value is -2.46. The minimum absolute atomic E-state index is 0.0537. The van der Waals surface area contributed by atoms with E-state index in [9.17, 15) is 4.79 Å². The van der Waals surface area contributed by atoms with E-state index in [0.29, 0.717) is 5.13 Å². The molecule has 1 unspecified atom stereocenters. The van der Waals surface area contributed by atoms with Gasteiger partial charge in [-0.25, -0.2) is 4.98 Å². The smallest absolute Gasteiger partial charge is 0.230 e. The molecular formula is C21H20N2OS. The Kier molecular flexibility index (Phi) is 3.92. The first kappa shape index (κ1) is 16.0. The molecule has 0 bridgehead atoms. The van der Waals surface area contributed by atoms with Crippen LogP contribution < -0.4 is 5.32 Å². The second kappa shape index (κ2) is 6.12. The summed E-state index contributed by atoms with van der Waals surface area (Å²) >= 11 is 1.45. The highest BCUT2D eigenvalue weighted by Gasteiger charge is 2.60. The number of anilines is 1. The molecule has 4 heteroatoms. The van der Waals surface area contributed by atoms with Crippen molar-refractivity contribution < 1.29 is 4.79 Å². The Bertz CT molecular complexity index is 872. The van der Waals surface area contributed by atoms with Crippen molar-refractivity contribution >= 4 is 22.4 Å². The molecule has 0 radical (unpaired) electrons. The summed E-state index contributed by atoms with van der Waals surface area (Å²) in [6.07, 6.45) is 2.54. The van der Waals surface area contributed by atoms with Crippen LogP contribution in [0.15, 0.2) is 60.1 Å². The minimum Gasteiger partial charge on any atom is -0.302 e. The molecule has 1 atom stereocenters. The largest absolute Gasteiger partial charge is 0.302 e. The highest BCUT2D eigenvalue weighted by Crippen LogP contribution is 2.59. The first-order valence-electron chi connectivity index (χ1n) is 8.44. The van der Waals surface area contributed by atoms with Crippen molar-refractivity contribution in [1.82, 2.24) is 4.98 Å². The molecule has 3 aromatic rings. The number of aryl methyl sites for hydroxylation is 2. The molecule has 1 fully saturated rings. The zero-order chi connectivity index (χ0) is 17.4. The predicted octanol–water partition coefficient (Wildman–Crippen LogP) is 4.70. The van der Waals surface area contributed by atoms with Crippen LogP contribution in [-0.2, 0) is 10.2 Å². The number of amides is 1. The maximum Gasteiger partial charge on any atom is 0.230 e. The van der Waals surface area contributed by atoms with Crippen molar-refractivity contribution in [2.24, 2.45) is 5.92 Å². The zero-order valence-corrected chi connectivity index (χ0v) is 15.1. The number of hydrogen-bond acceptors (Lipinski definition) is 3. The molecule has 1 N–H and O–H groups in total. The topological polar surface area (TPSA) is 42.0 Å². The summed E-state index contributed by atoms with van der Waals surface area (Å²) in [5, 5.41) is 5.51. The van der Waals surface area contributed by atoms with Gasteiger partial charge < -0.3 is 5.32 Å². The lowest BCUT2D eigenvalue weighted by Gasteiger charge is -2.20. The summed E-state index contributed by atoms with van der Waals surface area (Å²) in [4.78, 5) is 17.0. The van der Waals surface area contributed by atoms with Gasteiger partial charge in [-0.1, -0.05) is 59.7 Å². The highest BCUT2D eigenvalue weighted by atomic mass is 32.1.